The highest BCUT2D eigenvalue weighted by Gasteiger charge is 2.18. The molecule has 230 valence electrons. The zero-order valence-electron chi connectivity index (χ0n) is 26.4. The lowest BCUT2D eigenvalue weighted by atomic mass is 10.0. The third kappa shape index (κ3) is 4.80. The lowest BCUT2D eigenvalue weighted by Gasteiger charge is -2.26. The molecule has 0 aliphatic rings. The average molecular weight is 661 g/mol. The van der Waals surface area contributed by atoms with E-state index in [-0.39, 0.29) is 0 Å². The van der Waals surface area contributed by atoms with Gasteiger partial charge in [0.1, 0.15) is 5.01 Å². The Morgan fingerprint density at radius 2 is 1.00 bits per heavy atom. The SMILES string of the molecule is c1ccc(-c2ccc(N(c3ccc4ccc5ccccc5c4c3)c3ccc4sc5ccc6nc(-c7ccccc7)sc6c5c4c3)cc2)cc1. The number of fused-ring (bicyclic) bond motifs is 8. The third-order valence-electron chi connectivity index (χ3n) is 9.47. The van der Waals surface area contributed by atoms with E-state index in [0.717, 1.165) is 33.1 Å². The van der Waals surface area contributed by atoms with Crippen LogP contribution in [0.1, 0.15) is 0 Å². The van der Waals surface area contributed by atoms with Gasteiger partial charge in [-0.05, 0) is 87.3 Å². The van der Waals surface area contributed by atoms with Gasteiger partial charge in [0.05, 0.1) is 10.2 Å². The summed E-state index contributed by atoms with van der Waals surface area (Å²) in [6.07, 6.45) is 0. The Morgan fingerprint density at radius 3 is 1.80 bits per heavy atom. The number of aromatic nitrogens is 1. The molecular formula is C45H28N2S2. The second-order valence-corrected chi connectivity index (χ2v) is 14.5. The summed E-state index contributed by atoms with van der Waals surface area (Å²) in [7, 11) is 0. The smallest absolute Gasteiger partial charge is 0.124 e. The molecule has 49 heavy (non-hydrogen) atoms. The fraction of sp³-hybridized carbons (Fsp3) is 0. The van der Waals surface area contributed by atoms with Crippen molar-refractivity contribution < 1.29 is 0 Å². The van der Waals surface area contributed by atoms with E-state index in [4.69, 9.17) is 4.98 Å². The summed E-state index contributed by atoms with van der Waals surface area (Å²) in [4.78, 5) is 7.48. The first kappa shape index (κ1) is 28.2. The van der Waals surface area contributed by atoms with Crippen molar-refractivity contribution in [3.63, 3.8) is 0 Å². The average Bonchev–Trinajstić information content (AvgIpc) is 3.77. The van der Waals surface area contributed by atoms with Gasteiger partial charge in [0.2, 0.25) is 0 Å². The molecule has 4 heteroatoms. The first-order chi connectivity index (χ1) is 24.3. The molecule has 2 nitrogen and oxygen atoms in total. The fourth-order valence-corrected chi connectivity index (χ4v) is 9.38. The molecule has 10 rings (SSSR count). The van der Waals surface area contributed by atoms with E-state index in [1.54, 1.807) is 11.3 Å². The monoisotopic (exact) mass is 660 g/mol. The van der Waals surface area contributed by atoms with E-state index in [1.807, 2.05) is 11.3 Å². The van der Waals surface area contributed by atoms with E-state index in [9.17, 15) is 0 Å². The summed E-state index contributed by atoms with van der Waals surface area (Å²) >= 11 is 3.65. The quantitative estimate of drug-likeness (QED) is 0.171. The molecule has 0 unspecified atom stereocenters. The molecule has 10 aromatic rings. The molecule has 0 bridgehead atoms. The molecule has 2 heterocycles. The second-order valence-electron chi connectivity index (χ2n) is 12.4. The summed E-state index contributed by atoms with van der Waals surface area (Å²) < 4.78 is 3.82. The minimum Gasteiger partial charge on any atom is -0.310 e. The summed E-state index contributed by atoms with van der Waals surface area (Å²) in [6.45, 7) is 0. The van der Waals surface area contributed by atoms with Crippen LogP contribution in [-0.4, -0.2) is 4.98 Å². The van der Waals surface area contributed by atoms with Crippen molar-refractivity contribution in [2.24, 2.45) is 0 Å². The van der Waals surface area contributed by atoms with Gasteiger partial charge >= 0.3 is 0 Å². The van der Waals surface area contributed by atoms with Gasteiger partial charge in [-0.25, -0.2) is 4.98 Å². The molecule has 0 spiro atoms. The van der Waals surface area contributed by atoms with E-state index in [1.165, 1.54) is 57.5 Å². The van der Waals surface area contributed by atoms with Crippen LogP contribution in [0.5, 0.6) is 0 Å². The van der Waals surface area contributed by atoms with Crippen LogP contribution in [0.4, 0.5) is 17.1 Å². The molecule has 0 aliphatic carbocycles. The Labute approximate surface area is 291 Å². The minimum atomic E-state index is 1.05. The second kappa shape index (κ2) is 11.4. The predicted molar refractivity (Wildman–Crippen MR) is 213 cm³/mol. The number of rotatable bonds is 5. The first-order valence-electron chi connectivity index (χ1n) is 16.5. The molecule has 0 N–H and O–H groups in total. The van der Waals surface area contributed by atoms with Crippen molar-refractivity contribution in [1.29, 1.82) is 0 Å². The molecule has 0 aliphatic heterocycles. The van der Waals surface area contributed by atoms with E-state index < -0.39 is 0 Å². The van der Waals surface area contributed by atoms with Gasteiger partial charge in [0.25, 0.3) is 0 Å². The van der Waals surface area contributed by atoms with Crippen molar-refractivity contribution in [3.8, 4) is 21.7 Å². The van der Waals surface area contributed by atoms with E-state index >= 15 is 0 Å². The molecule has 0 radical (unpaired) electrons. The van der Waals surface area contributed by atoms with Gasteiger partial charge in [-0.2, -0.15) is 0 Å². The standard InChI is InChI=1S/C45H28N2S2/c1-3-9-29(10-4-1)30-17-20-34(21-18-30)47(35-22-19-32-16-15-31-11-7-8-14-37(31)38(32)27-35)36-23-25-41-39(28-36)43-42(48-41)26-24-40-44(43)49-45(46-40)33-12-5-2-6-13-33/h1-28H. The minimum absolute atomic E-state index is 1.05. The largest absolute Gasteiger partial charge is 0.310 e. The first-order valence-corrected chi connectivity index (χ1v) is 18.1. The van der Waals surface area contributed by atoms with Gasteiger partial charge in [-0.15, -0.1) is 22.7 Å². The molecule has 8 aromatic carbocycles. The van der Waals surface area contributed by atoms with Crippen LogP contribution < -0.4 is 4.90 Å². The zero-order valence-corrected chi connectivity index (χ0v) is 28.0. The highest BCUT2D eigenvalue weighted by molar-refractivity contribution is 7.28. The van der Waals surface area contributed by atoms with Gasteiger partial charge in [-0.3, -0.25) is 0 Å². The summed E-state index contributed by atoms with van der Waals surface area (Å²) in [5, 5.41) is 8.63. The molecule has 2 aromatic heterocycles. The Hall–Kier alpha value is -5.81. The zero-order chi connectivity index (χ0) is 32.3. The van der Waals surface area contributed by atoms with E-state index in [0.29, 0.717) is 0 Å². The van der Waals surface area contributed by atoms with Crippen LogP contribution >= 0.6 is 22.7 Å². The number of hydrogen-bond acceptors (Lipinski definition) is 4. The number of nitrogens with zero attached hydrogens (tertiary/aromatic N) is 2. The molecule has 0 atom stereocenters. The Balaban J connectivity index is 1.18. The number of benzene rings is 8. The highest BCUT2D eigenvalue weighted by Crippen LogP contribution is 2.45. The fourth-order valence-electron chi connectivity index (χ4n) is 7.09. The molecule has 0 fully saturated rings. The van der Waals surface area contributed by atoms with Crippen molar-refractivity contribution in [2.45, 2.75) is 0 Å². The number of thiazole rings is 1. The molecule has 0 amide bonds. The van der Waals surface area contributed by atoms with Crippen molar-refractivity contribution in [2.75, 3.05) is 4.90 Å². The summed E-state index contributed by atoms with van der Waals surface area (Å²) in [6, 6.07) is 61.4. The maximum Gasteiger partial charge on any atom is 0.124 e. The Morgan fingerprint density at radius 1 is 0.408 bits per heavy atom. The lowest BCUT2D eigenvalue weighted by Crippen LogP contribution is -2.09. The van der Waals surface area contributed by atoms with Crippen molar-refractivity contribution >= 4 is 91.7 Å². The van der Waals surface area contributed by atoms with Gasteiger partial charge in [0.15, 0.2) is 0 Å². The van der Waals surface area contributed by atoms with Crippen LogP contribution in [0.25, 0.3) is 73.6 Å². The van der Waals surface area contributed by atoms with Gasteiger partial charge < -0.3 is 4.90 Å². The van der Waals surface area contributed by atoms with Crippen LogP contribution in [0.2, 0.25) is 0 Å². The number of thiophene rings is 1. The molecule has 0 saturated carbocycles. The molecule has 0 saturated heterocycles. The molecular weight excluding hydrogens is 633 g/mol. The van der Waals surface area contributed by atoms with Gasteiger partial charge in [0, 0.05) is 42.8 Å². The third-order valence-corrected chi connectivity index (χ3v) is 11.7. The lowest BCUT2D eigenvalue weighted by molar-refractivity contribution is 1.30. The van der Waals surface area contributed by atoms with Crippen LogP contribution in [0, 0.1) is 0 Å². The van der Waals surface area contributed by atoms with Crippen molar-refractivity contribution in [1.82, 2.24) is 4.98 Å². The normalized spacial score (nSPS) is 11.7. The number of hydrogen-bond donors (Lipinski definition) is 0. The summed E-state index contributed by atoms with van der Waals surface area (Å²) in [5.41, 5.74) is 8.01. The predicted octanol–water partition coefficient (Wildman–Crippen LogP) is 13.8. The maximum atomic E-state index is 5.07. The van der Waals surface area contributed by atoms with E-state index in [2.05, 4.69) is 175 Å². The van der Waals surface area contributed by atoms with Crippen molar-refractivity contribution in [3.05, 3.63) is 170 Å². The highest BCUT2D eigenvalue weighted by atomic mass is 32.1. The Bertz CT molecular complexity index is 2820. The van der Waals surface area contributed by atoms with Crippen LogP contribution in [-0.2, 0) is 0 Å². The van der Waals surface area contributed by atoms with Crippen LogP contribution in [0.15, 0.2) is 170 Å². The summed E-state index contributed by atoms with van der Waals surface area (Å²) in [5.74, 6) is 0. The maximum absolute atomic E-state index is 5.07. The van der Waals surface area contributed by atoms with Gasteiger partial charge in [-0.1, -0.05) is 115 Å². The number of anilines is 3. The Kier molecular flexibility index (Phi) is 6.57. The van der Waals surface area contributed by atoms with Crippen LogP contribution in [0.3, 0.4) is 0 Å². The topological polar surface area (TPSA) is 16.1 Å².